The number of ether oxygens (including phenoxy) is 2. The fourth-order valence-electron chi connectivity index (χ4n) is 3.39. The Balaban J connectivity index is 0.00000171. The molecule has 168 valence electrons. The third kappa shape index (κ3) is 6.02. The summed E-state index contributed by atoms with van der Waals surface area (Å²) >= 11 is 14.3. The number of aryl methyl sites for hydroxylation is 1. The van der Waals surface area contributed by atoms with Crippen molar-refractivity contribution in [1.82, 2.24) is 9.55 Å². The molecular formula is C21H23Cl4N3O2S. The molecule has 0 saturated carbocycles. The van der Waals surface area contributed by atoms with Crippen molar-refractivity contribution in [3.63, 3.8) is 0 Å². The van der Waals surface area contributed by atoms with Gasteiger partial charge in [0.05, 0.1) is 30.6 Å². The van der Waals surface area contributed by atoms with Gasteiger partial charge in [0.25, 0.3) is 0 Å². The lowest BCUT2D eigenvalue weighted by molar-refractivity contribution is -0.184. The molecule has 3 aromatic rings. The van der Waals surface area contributed by atoms with Crippen molar-refractivity contribution >= 4 is 65.5 Å². The standard InChI is InChI=1S/C21H21Cl2N3O2S.2ClH/c1-14-8-16(24)3-5-20(14)29-11-17-10-27-21(28-17,12-26-7-6-25-13-26)18-4-2-15(22)9-19(18)23;;/h2-9,13,17H,10-12,24H2,1H3;2*1H. The van der Waals surface area contributed by atoms with Gasteiger partial charge in [0.1, 0.15) is 0 Å². The first-order chi connectivity index (χ1) is 13.9. The van der Waals surface area contributed by atoms with Crippen LogP contribution in [-0.4, -0.2) is 28.0 Å². The fourth-order valence-corrected chi connectivity index (χ4v) is 4.93. The molecular weight excluding hydrogens is 500 g/mol. The van der Waals surface area contributed by atoms with E-state index in [1.165, 1.54) is 4.90 Å². The maximum Gasteiger partial charge on any atom is 0.215 e. The van der Waals surface area contributed by atoms with E-state index in [1.54, 1.807) is 36.4 Å². The number of imidazole rings is 1. The lowest BCUT2D eigenvalue weighted by Gasteiger charge is -2.30. The summed E-state index contributed by atoms with van der Waals surface area (Å²) in [6.07, 6.45) is 5.24. The number of hydrogen-bond acceptors (Lipinski definition) is 5. The van der Waals surface area contributed by atoms with E-state index in [9.17, 15) is 0 Å². The molecule has 0 bridgehead atoms. The Kier molecular flexibility index (Phi) is 9.40. The molecule has 4 rings (SSSR count). The summed E-state index contributed by atoms with van der Waals surface area (Å²) in [5, 5.41) is 1.08. The van der Waals surface area contributed by atoms with Crippen molar-refractivity contribution in [3.8, 4) is 0 Å². The highest BCUT2D eigenvalue weighted by Gasteiger charge is 2.45. The largest absolute Gasteiger partial charge is 0.399 e. The van der Waals surface area contributed by atoms with E-state index in [0.717, 1.165) is 22.6 Å². The van der Waals surface area contributed by atoms with Gasteiger partial charge in [-0.15, -0.1) is 36.6 Å². The molecule has 2 atom stereocenters. The van der Waals surface area contributed by atoms with Crippen LogP contribution >= 0.6 is 59.8 Å². The third-order valence-electron chi connectivity index (χ3n) is 4.77. The minimum absolute atomic E-state index is 0. The van der Waals surface area contributed by atoms with E-state index >= 15 is 0 Å². The van der Waals surface area contributed by atoms with Gasteiger partial charge in [0, 0.05) is 39.3 Å². The van der Waals surface area contributed by atoms with Crippen LogP contribution in [0, 0.1) is 6.92 Å². The second-order valence-electron chi connectivity index (χ2n) is 7.00. The molecule has 2 N–H and O–H groups in total. The lowest BCUT2D eigenvalue weighted by Crippen LogP contribution is -2.34. The fraction of sp³-hybridized carbons (Fsp3) is 0.286. The highest BCUT2D eigenvalue weighted by atomic mass is 35.5. The van der Waals surface area contributed by atoms with Crippen LogP contribution in [-0.2, 0) is 21.8 Å². The Hall–Kier alpha value is -1.12. The number of hydrogen-bond donors (Lipinski definition) is 1. The molecule has 0 spiro atoms. The summed E-state index contributed by atoms with van der Waals surface area (Å²) in [4.78, 5) is 5.30. The highest BCUT2D eigenvalue weighted by Crippen LogP contribution is 2.41. The van der Waals surface area contributed by atoms with Crippen molar-refractivity contribution in [3.05, 3.63) is 76.3 Å². The molecule has 2 aromatic carbocycles. The predicted molar refractivity (Wildman–Crippen MR) is 132 cm³/mol. The first kappa shape index (κ1) is 26.1. The molecule has 1 aliphatic rings. The monoisotopic (exact) mass is 521 g/mol. The second-order valence-corrected chi connectivity index (χ2v) is 8.90. The summed E-state index contributed by atoms with van der Waals surface area (Å²) in [5.41, 5.74) is 8.53. The molecule has 0 radical (unpaired) electrons. The first-order valence-corrected chi connectivity index (χ1v) is 10.9. The molecule has 5 nitrogen and oxygen atoms in total. The van der Waals surface area contributed by atoms with Gasteiger partial charge in [0.15, 0.2) is 0 Å². The topological polar surface area (TPSA) is 62.3 Å². The predicted octanol–water partition coefficient (Wildman–Crippen LogP) is 5.98. The zero-order valence-corrected chi connectivity index (χ0v) is 20.6. The number of aromatic nitrogens is 2. The van der Waals surface area contributed by atoms with Gasteiger partial charge in [-0.2, -0.15) is 0 Å². The van der Waals surface area contributed by atoms with E-state index in [2.05, 4.69) is 11.9 Å². The highest BCUT2D eigenvalue weighted by molar-refractivity contribution is 7.99. The van der Waals surface area contributed by atoms with Crippen molar-refractivity contribution < 1.29 is 9.47 Å². The van der Waals surface area contributed by atoms with E-state index in [0.29, 0.717) is 23.2 Å². The molecule has 31 heavy (non-hydrogen) atoms. The summed E-state index contributed by atoms with van der Waals surface area (Å²) in [7, 11) is 0. The Labute approximate surface area is 208 Å². The maximum atomic E-state index is 6.51. The average Bonchev–Trinajstić information content (AvgIpc) is 3.32. The van der Waals surface area contributed by atoms with E-state index in [-0.39, 0.29) is 30.9 Å². The van der Waals surface area contributed by atoms with Gasteiger partial charge in [0.2, 0.25) is 5.79 Å². The maximum absolute atomic E-state index is 6.51. The van der Waals surface area contributed by atoms with Crippen LogP contribution < -0.4 is 5.73 Å². The average molecular weight is 523 g/mol. The molecule has 2 heterocycles. The Morgan fingerprint density at radius 2 is 2.03 bits per heavy atom. The van der Waals surface area contributed by atoms with Crippen molar-refractivity contribution in [1.29, 1.82) is 0 Å². The van der Waals surface area contributed by atoms with Crippen LogP contribution in [0.5, 0.6) is 0 Å². The van der Waals surface area contributed by atoms with Crippen LogP contribution in [0.4, 0.5) is 5.69 Å². The molecule has 1 saturated heterocycles. The molecule has 10 heteroatoms. The molecule has 1 aromatic heterocycles. The van der Waals surface area contributed by atoms with Gasteiger partial charge < -0.3 is 19.8 Å². The number of nitrogens with zero attached hydrogens (tertiary/aromatic N) is 2. The summed E-state index contributed by atoms with van der Waals surface area (Å²) in [6, 6.07) is 11.3. The minimum Gasteiger partial charge on any atom is -0.399 e. The van der Waals surface area contributed by atoms with Gasteiger partial charge in [-0.05, 0) is 42.8 Å². The zero-order chi connectivity index (χ0) is 20.4. The Bertz CT molecular complexity index is 1010. The SMILES string of the molecule is Cc1cc(N)ccc1SCC1COC(Cn2ccnc2)(c2ccc(Cl)cc2Cl)O1.Cl.Cl. The summed E-state index contributed by atoms with van der Waals surface area (Å²) < 4.78 is 14.6. The van der Waals surface area contributed by atoms with Crippen LogP contribution in [0.25, 0.3) is 0 Å². The molecule has 1 aliphatic heterocycles. The van der Waals surface area contributed by atoms with Gasteiger partial charge in [-0.25, -0.2) is 4.98 Å². The first-order valence-electron chi connectivity index (χ1n) is 9.17. The quantitative estimate of drug-likeness (QED) is 0.318. The van der Waals surface area contributed by atoms with Crippen LogP contribution in [0.15, 0.2) is 60.0 Å². The van der Waals surface area contributed by atoms with Crippen LogP contribution in [0.2, 0.25) is 10.0 Å². The molecule has 2 unspecified atom stereocenters. The normalized spacial score (nSPS) is 20.2. The van der Waals surface area contributed by atoms with Gasteiger partial charge in [-0.3, -0.25) is 0 Å². The smallest absolute Gasteiger partial charge is 0.215 e. The zero-order valence-electron chi connectivity index (χ0n) is 16.7. The van der Waals surface area contributed by atoms with Crippen molar-refractivity contribution in [2.75, 3.05) is 18.1 Å². The van der Waals surface area contributed by atoms with Crippen LogP contribution in [0.1, 0.15) is 11.1 Å². The Morgan fingerprint density at radius 3 is 2.71 bits per heavy atom. The molecule has 0 aliphatic carbocycles. The van der Waals surface area contributed by atoms with Gasteiger partial charge in [-0.1, -0.05) is 29.3 Å². The minimum atomic E-state index is -0.996. The molecule has 0 amide bonds. The second kappa shape index (κ2) is 11.1. The van der Waals surface area contributed by atoms with E-state index in [1.807, 2.05) is 35.0 Å². The van der Waals surface area contributed by atoms with Gasteiger partial charge >= 0.3 is 0 Å². The van der Waals surface area contributed by atoms with Crippen molar-refractivity contribution in [2.45, 2.75) is 30.3 Å². The van der Waals surface area contributed by atoms with E-state index in [4.69, 9.17) is 38.4 Å². The number of thioether (sulfide) groups is 1. The number of rotatable bonds is 6. The summed E-state index contributed by atoms with van der Waals surface area (Å²) in [6.45, 7) is 2.96. The molecule has 1 fully saturated rings. The number of nitrogen functional groups attached to an aromatic ring is 1. The van der Waals surface area contributed by atoms with Crippen LogP contribution in [0.3, 0.4) is 0 Å². The van der Waals surface area contributed by atoms with E-state index < -0.39 is 5.79 Å². The number of anilines is 1. The summed E-state index contributed by atoms with van der Waals surface area (Å²) in [5.74, 6) is -0.245. The number of nitrogens with two attached hydrogens (primary N) is 1. The van der Waals surface area contributed by atoms with Crippen molar-refractivity contribution in [2.24, 2.45) is 0 Å². The number of benzene rings is 2. The lowest BCUT2D eigenvalue weighted by atomic mass is 10.1. The Morgan fingerprint density at radius 1 is 1.23 bits per heavy atom. The third-order valence-corrected chi connectivity index (χ3v) is 6.63. The number of halogens is 4.